The zero-order valence-electron chi connectivity index (χ0n) is 12.9. The first-order valence-electron chi connectivity index (χ1n) is 7.86. The summed E-state index contributed by atoms with van der Waals surface area (Å²) in [4.78, 5) is 11.8. The highest BCUT2D eigenvalue weighted by atomic mass is 16.5. The second-order valence-corrected chi connectivity index (χ2v) is 6.74. The van der Waals surface area contributed by atoms with Gasteiger partial charge in [0.05, 0.1) is 0 Å². The molecule has 0 radical (unpaired) electrons. The van der Waals surface area contributed by atoms with Gasteiger partial charge >= 0.3 is 5.97 Å². The molecule has 0 aromatic rings. The molecule has 1 fully saturated rings. The van der Waals surface area contributed by atoms with Crippen LogP contribution < -0.4 is 5.73 Å². The minimum absolute atomic E-state index is 0.0137. The summed E-state index contributed by atoms with van der Waals surface area (Å²) >= 11 is 0. The Hall–Kier alpha value is -0.570. The van der Waals surface area contributed by atoms with Gasteiger partial charge in [-0.05, 0) is 56.4 Å². The lowest BCUT2D eigenvalue weighted by atomic mass is 9.76. The Balaban J connectivity index is 2.21. The fourth-order valence-electron chi connectivity index (χ4n) is 2.85. The zero-order chi connectivity index (χ0) is 14.3. The molecule has 0 aromatic carbocycles. The SMILES string of the molecule is CCC(CCN)CCC(=O)OC1CCC(C)(C)CC1. The van der Waals surface area contributed by atoms with E-state index < -0.39 is 0 Å². The third-order valence-electron chi connectivity index (χ3n) is 4.49. The summed E-state index contributed by atoms with van der Waals surface area (Å²) in [5.74, 6) is 0.558. The lowest BCUT2D eigenvalue weighted by molar-refractivity contribution is -0.152. The molecule has 0 aromatic heterocycles. The van der Waals surface area contributed by atoms with Crippen molar-refractivity contribution >= 4 is 5.97 Å². The highest BCUT2D eigenvalue weighted by molar-refractivity contribution is 5.69. The number of ether oxygens (including phenoxy) is 1. The first-order valence-corrected chi connectivity index (χ1v) is 7.86. The van der Waals surface area contributed by atoms with E-state index in [1.54, 1.807) is 0 Å². The Morgan fingerprint density at radius 3 is 2.47 bits per heavy atom. The van der Waals surface area contributed by atoms with E-state index in [0.717, 1.165) is 44.9 Å². The minimum Gasteiger partial charge on any atom is -0.462 e. The van der Waals surface area contributed by atoms with Crippen LogP contribution in [0.3, 0.4) is 0 Å². The number of nitrogens with two attached hydrogens (primary N) is 1. The van der Waals surface area contributed by atoms with Gasteiger partial charge in [0.15, 0.2) is 0 Å². The third kappa shape index (κ3) is 6.42. The fourth-order valence-corrected chi connectivity index (χ4v) is 2.85. The van der Waals surface area contributed by atoms with Crippen molar-refractivity contribution in [2.75, 3.05) is 6.54 Å². The summed E-state index contributed by atoms with van der Waals surface area (Å²) in [5.41, 5.74) is 6.00. The summed E-state index contributed by atoms with van der Waals surface area (Å²) < 4.78 is 5.59. The van der Waals surface area contributed by atoms with Crippen LogP contribution in [0.1, 0.15) is 72.1 Å². The molecule has 3 nitrogen and oxygen atoms in total. The van der Waals surface area contributed by atoms with Crippen LogP contribution in [0.2, 0.25) is 0 Å². The van der Waals surface area contributed by atoms with Gasteiger partial charge in [-0.3, -0.25) is 4.79 Å². The maximum atomic E-state index is 11.8. The number of carbonyl (C=O) groups is 1. The standard InChI is InChI=1S/C16H31NO2/c1-4-13(9-12-17)5-6-15(18)19-14-7-10-16(2,3)11-8-14/h13-14H,4-12,17H2,1-3H3. The highest BCUT2D eigenvalue weighted by Crippen LogP contribution is 2.36. The van der Waals surface area contributed by atoms with Crippen molar-refractivity contribution in [1.82, 2.24) is 0 Å². The van der Waals surface area contributed by atoms with E-state index in [1.807, 2.05) is 0 Å². The van der Waals surface area contributed by atoms with Crippen molar-refractivity contribution in [3.8, 4) is 0 Å². The first kappa shape index (κ1) is 16.5. The quantitative estimate of drug-likeness (QED) is 0.718. The molecule has 0 spiro atoms. The normalized spacial score (nSPS) is 21.1. The van der Waals surface area contributed by atoms with Crippen LogP contribution in [0.5, 0.6) is 0 Å². The Kier molecular flexibility index (Phi) is 6.84. The average Bonchev–Trinajstić information content (AvgIpc) is 2.37. The van der Waals surface area contributed by atoms with Crippen LogP contribution in [0, 0.1) is 11.3 Å². The highest BCUT2D eigenvalue weighted by Gasteiger charge is 2.28. The third-order valence-corrected chi connectivity index (χ3v) is 4.49. The van der Waals surface area contributed by atoms with E-state index in [9.17, 15) is 4.79 Å². The van der Waals surface area contributed by atoms with E-state index in [1.165, 1.54) is 0 Å². The van der Waals surface area contributed by atoms with E-state index >= 15 is 0 Å². The molecule has 1 saturated carbocycles. The van der Waals surface area contributed by atoms with Crippen molar-refractivity contribution in [3.05, 3.63) is 0 Å². The second kappa shape index (κ2) is 7.88. The Labute approximate surface area is 118 Å². The predicted molar refractivity (Wildman–Crippen MR) is 78.8 cm³/mol. The van der Waals surface area contributed by atoms with Gasteiger partial charge in [-0.2, -0.15) is 0 Å². The molecule has 0 aliphatic heterocycles. The Morgan fingerprint density at radius 1 is 1.32 bits per heavy atom. The van der Waals surface area contributed by atoms with Crippen molar-refractivity contribution < 1.29 is 9.53 Å². The van der Waals surface area contributed by atoms with E-state index in [2.05, 4.69) is 20.8 Å². The second-order valence-electron chi connectivity index (χ2n) is 6.74. The van der Waals surface area contributed by atoms with E-state index in [-0.39, 0.29) is 12.1 Å². The van der Waals surface area contributed by atoms with Gasteiger partial charge in [-0.25, -0.2) is 0 Å². The fraction of sp³-hybridized carbons (Fsp3) is 0.938. The van der Waals surface area contributed by atoms with E-state index in [0.29, 0.717) is 24.3 Å². The lowest BCUT2D eigenvalue weighted by Crippen LogP contribution is -2.28. The smallest absolute Gasteiger partial charge is 0.306 e. The van der Waals surface area contributed by atoms with Gasteiger partial charge < -0.3 is 10.5 Å². The molecular weight excluding hydrogens is 238 g/mol. The molecule has 112 valence electrons. The van der Waals surface area contributed by atoms with Gasteiger partial charge in [0, 0.05) is 6.42 Å². The summed E-state index contributed by atoms with van der Waals surface area (Å²) in [6.07, 6.45) is 8.13. The molecule has 19 heavy (non-hydrogen) atoms. The molecule has 0 amide bonds. The molecule has 0 bridgehead atoms. The maximum Gasteiger partial charge on any atom is 0.306 e. The number of hydrogen-bond acceptors (Lipinski definition) is 3. The van der Waals surface area contributed by atoms with Crippen LogP contribution in [-0.2, 0) is 9.53 Å². The monoisotopic (exact) mass is 269 g/mol. The molecule has 3 heteroatoms. The molecule has 2 N–H and O–H groups in total. The summed E-state index contributed by atoms with van der Waals surface area (Å²) in [5, 5.41) is 0. The molecule has 1 aliphatic carbocycles. The average molecular weight is 269 g/mol. The van der Waals surface area contributed by atoms with Gasteiger partial charge in [0.25, 0.3) is 0 Å². The van der Waals surface area contributed by atoms with Crippen LogP contribution in [0.15, 0.2) is 0 Å². The molecule has 0 heterocycles. The van der Waals surface area contributed by atoms with E-state index in [4.69, 9.17) is 10.5 Å². The van der Waals surface area contributed by atoms with Crippen molar-refractivity contribution in [3.63, 3.8) is 0 Å². The number of carbonyl (C=O) groups excluding carboxylic acids is 1. The largest absolute Gasteiger partial charge is 0.462 e. The van der Waals surface area contributed by atoms with Gasteiger partial charge in [0.2, 0.25) is 0 Å². The summed E-state index contributed by atoms with van der Waals surface area (Å²) in [6.45, 7) is 7.47. The van der Waals surface area contributed by atoms with Crippen molar-refractivity contribution in [1.29, 1.82) is 0 Å². The van der Waals surface area contributed by atoms with Crippen LogP contribution >= 0.6 is 0 Å². The predicted octanol–water partition coefficient (Wildman–Crippen LogP) is 3.65. The molecule has 1 atom stereocenters. The topological polar surface area (TPSA) is 52.3 Å². The molecule has 1 unspecified atom stereocenters. The maximum absolute atomic E-state index is 11.8. The van der Waals surface area contributed by atoms with Crippen molar-refractivity contribution in [2.24, 2.45) is 17.1 Å². The minimum atomic E-state index is -0.0137. The van der Waals surface area contributed by atoms with Crippen LogP contribution in [0.4, 0.5) is 0 Å². The van der Waals surface area contributed by atoms with Crippen LogP contribution in [0.25, 0.3) is 0 Å². The van der Waals surface area contributed by atoms with Gasteiger partial charge in [0.1, 0.15) is 6.10 Å². The molecule has 1 rings (SSSR count). The molecular formula is C16H31NO2. The van der Waals surface area contributed by atoms with Gasteiger partial charge in [-0.15, -0.1) is 0 Å². The van der Waals surface area contributed by atoms with Crippen LogP contribution in [-0.4, -0.2) is 18.6 Å². The Bertz CT molecular complexity index is 266. The summed E-state index contributed by atoms with van der Waals surface area (Å²) in [7, 11) is 0. The first-order chi connectivity index (χ1) is 8.96. The van der Waals surface area contributed by atoms with Crippen molar-refractivity contribution in [2.45, 2.75) is 78.2 Å². The van der Waals surface area contributed by atoms with Gasteiger partial charge in [-0.1, -0.05) is 27.2 Å². The zero-order valence-corrected chi connectivity index (χ0v) is 12.9. The number of esters is 1. The Morgan fingerprint density at radius 2 is 1.95 bits per heavy atom. The molecule has 0 saturated heterocycles. The number of rotatable bonds is 7. The number of hydrogen-bond donors (Lipinski definition) is 1. The summed E-state index contributed by atoms with van der Waals surface area (Å²) in [6, 6.07) is 0. The molecule has 1 aliphatic rings. The lowest BCUT2D eigenvalue weighted by Gasteiger charge is -2.33.